The third-order valence-corrected chi connectivity index (χ3v) is 3.15. The topological polar surface area (TPSA) is 112 Å². The normalized spacial score (nSPS) is 13.7. The van der Waals surface area contributed by atoms with Gasteiger partial charge in [-0.1, -0.05) is 13.8 Å². The van der Waals surface area contributed by atoms with Crippen LogP contribution in [0.2, 0.25) is 0 Å². The van der Waals surface area contributed by atoms with Crippen LogP contribution in [0.1, 0.15) is 20.3 Å². The Balaban J connectivity index is 2.25. The maximum atomic E-state index is 9.27. The second-order valence-electron chi connectivity index (χ2n) is 5.73. The van der Waals surface area contributed by atoms with Crippen molar-refractivity contribution in [3.05, 3.63) is 12.3 Å². The molecule has 7 nitrogen and oxygen atoms in total. The molecule has 0 fully saturated rings. The van der Waals surface area contributed by atoms with E-state index in [4.69, 9.17) is 16.2 Å². The van der Waals surface area contributed by atoms with E-state index in [1.54, 1.807) is 0 Å². The molecule has 2 rings (SSSR count). The molecule has 7 heteroatoms. The number of rotatable bonds is 5. The largest absolute Gasteiger partial charge is 0.458 e. The van der Waals surface area contributed by atoms with Crippen LogP contribution in [0.4, 0.5) is 5.95 Å². The van der Waals surface area contributed by atoms with E-state index in [9.17, 15) is 5.11 Å². The van der Waals surface area contributed by atoms with Gasteiger partial charge in [-0.25, -0.2) is 0 Å². The number of aromatic nitrogens is 3. The van der Waals surface area contributed by atoms with Crippen molar-refractivity contribution in [3.8, 4) is 5.88 Å². The van der Waals surface area contributed by atoms with Gasteiger partial charge in [0.15, 0.2) is 0 Å². The lowest BCUT2D eigenvalue weighted by Crippen LogP contribution is -2.35. The van der Waals surface area contributed by atoms with Crippen molar-refractivity contribution in [2.75, 3.05) is 12.3 Å². The summed E-state index contributed by atoms with van der Waals surface area (Å²) in [5.74, 6) is 0.511. The zero-order chi connectivity index (χ0) is 14.9. The fourth-order valence-corrected chi connectivity index (χ4v) is 2.01. The number of nitrogens with zero attached hydrogens (tertiary/aromatic N) is 3. The number of aliphatic hydroxyl groups excluding tert-OH is 1. The molecule has 0 bridgehead atoms. The van der Waals surface area contributed by atoms with Crippen LogP contribution in [0.5, 0.6) is 5.88 Å². The fraction of sp³-hybridized carbons (Fsp3) is 0.538. The van der Waals surface area contributed by atoms with Crippen LogP contribution in [0.3, 0.4) is 0 Å². The highest BCUT2D eigenvalue weighted by Crippen LogP contribution is 2.27. The molecule has 1 atom stereocenters. The van der Waals surface area contributed by atoms with Gasteiger partial charge in [0.05, 0.1) is 5.39 Å². The third-order valence-electron chi connectivity index (χ3n) is 3.15. The number of aliphatic hydroxyl groups is 1. The Labute approximate surface area is 117 Å². The Hall–Kier alpha value is -1.86. The van der Waals surface area contributed by atoms with Crippen LogP contribution < -0.4 is 16.2 Å². The van der Waals surface area contributed by atoms with Gasteiger partial charge in [-0.15, -0.1) is 0 Å². The first-order valence-corrected chi connectivity index (χ1v) is 6.44. The smallest absolute Gasteiger partial charge is 0.229 e. The lowest BCUT2D eigenvalue weighted by Gasteiger charge is -2.25. The zero-order valence-corrected chi connectivity index (χ0v) is 12.0. The van der Waals surface area contributed by atoms with Crippen molar-refractivity contribution in [2.24, 2.45) is 18.2 Å². The molecule has 0 aliphatic carbocycles. The number of hydrogen-bond donors (Lipinski definition) is 3. The standard InChI is InChI=1S/C13H21N5O2/c1-13(2,7-19)6-9(14)20-11-8-4-5-18(3)10(8)16-12(15)17-11/h4-5,9,19H,6-7,14H2,1-3H3,(H2,15,16,17). The quantitative estimate of drug-likeness (QED) is 0.692. The fourth-order valence-electron chi connectivity index (χ4n) is 2.01. The van der Waals surface area contributed by atoms with E-state index in [1.165, 1.54) is 0 Å². The lowest BCUT2D eigenvalue weighted by molar-refractivity contribution is 0.0874. The van der Waals surface area contributed by atoms with Gasteiger partial charge in [0.1, 0.15) is 11.9 Å². The van der Waals surface area contributed by atoms with Gasteiger partial charge in [0, 0.05) is 26.3 Å². The van der Waals surface area contributed by atoms with Crippen molar-refractivity contribution in [2.45, 2.75) is 26.5 Å². The van der Waals surface area contributed by atoms with Crippen LogP contribution in [0.25, 0.3) is 11.0 Å². The maximum Gasteiger partial charge on any atom is 0.229 e. The van der Waals surface area contributed by atoms with Gasteiger partial charge in [0.2, 0.25) is 11.8 Å². The summed E-state index contributed by atoms with van der Waals surface area (Å²) in [6.07, 6.45) is 1.78. The van der Waals surface area contributed by atoms with Crippen LogP contribution in [0.15, 0.2) is 12.3 Å². The Morgan fingerprint density at radius 2 is 2.15 bits per heavy atom. The van der Waals surface area contributed by atoms with E-state index in [1.807, 2.05) is 37.7 Å². The van der Waals surface area contributed by atoms with E-state index in [0.29, 0.717) is 17.9 Å². The summed E-state index contributed by atoms with van der Waals surface area (Å²) >= 11 is 0. The first kappa shape index (κ1) is 14.5. The lowest BCUT2D eigenvalue weighted by atomic mass is 9.90. The van der Waals surface area contributed by atoms with Gasteiger partial charge >= 0.3 is 0 Å². The second-order valence-corrected chi connectivity index (χ2v) is 5.73. The number of hydrogen-bond acceptors (Lipinski definition) is 6. The number of ether oxygens (including phenoxy) is 1. The molecule has 0 saturated heterocycles. The van der Waals surface area contributed by atoms with Gasteiger partial charge in [-0.3, -0.25) is 5.73 Å². The number of fused-ring (bicyclic) bond motifs is 1. The number of aryl methyl sites for hydroxylation is 1. The average molecular weight is 279 g/mol. The highest BCUT2D eigenvalue weighted by molar-refractivity contribution is 5.82. The minimum atomic E-state index is -0.574. The van der Waals surface area contributed by atoms with Crippen molar-refractivity contribution >= 4 is 17.0 Å². The molecule has 5 N–H and O–H groups in total. The molecular formula is C13H21N5O2. The summed E-state index contributed by atoms with van der Waals surface area (Å²) in [6.45, 7) is 3.88. The number of anilines is 1. The van der Waals surface area contributed by atoms with Crippen LogP contribution in [-0.2, 0) is 7.05 Å². The molecule has 1 unspecified atom stereocenters. The van der Waals surface area contributed by atoms with E-state index >= 15 is 0 Å². The Kier molecular flexibility index (Phi) is 3.82. The van der Waals surface area contributed by atoms with Crippen LogP contribution in [-0.4, -0.2) is 32.5 Å². The van der Waals surface area contributed by atoms with Crippen molar-refractivity contribution in [1.29, 1.82) is 0 Å². The SMILES string of the molecule is Cn1ccc2c(OC(N)CC(C)(C)CO)nc(N)nc21. The first-order valence-electron chi connectivity index (χ1n) is 6.44. The van der Waals surface area contributed by atoms with Crippen molar-refractivity contribution < 1.29 is 9.84 Å². The minimum absolute atomic E-state index is 0.0384. The van der Waals surface area contributed by atoms with E-state index < -0.39 is 6.23 Å². The molecular weight excluding hydrogens is 258 g/mol. The predicted molar refractivity (Wildman–Crippen MR) is 77.0 cm³/mol. The summed E-state index contributed by atoms with van der Waals surface area (Å²) in [6, 6.07) is 1.86. The number of nitrogens with two attached hydrogens (primary N) is 2. The van der Waals surface area contributed by atoms with Crippen LogP contribution >= 0.6 is 0 Å². The van der Waals surface area contributed by atoms with Crippen LogP contribution in [0, 0.1) is 5.41 Å². The Morgan fingerprint density at radius 3 is 2.80 bits per heavy atom. The van der Waals surface area contributed by atoms with E-state index in [0.717, 1.165) is 5.39 Å². The summed E-state index contributed by atoms with van der Waals surface area (Å²) in [5, 5.41) is 10.0. The Morgan fingerprint density at radius 1 is 1.45 bits per heavy atom. The van der Waals surface area contributed by atoms with Gasteiger partial charge in [-0.05, 0) is 11.5 Å². The molecule has 0 aliphatic heterocycles. The zero-order valence-electron chi connectivity index (χ0n) is 12.0. The summed E-state index contributed by atoms with van der Waals surface area (Å²) < 4.78 is 7.52. The van der Waals surface area contributed by atoms with Gasteiger partial charge in [-0.2, -0.15) is 9.97 Å². The second kappa shape index (κ2) is 5.26. The maximum absolute atomic E-state index is 9.27. The van der Waals surface area contributed by atoms with Gasteiger partial charge < -0.3 is 20.1 Å². The summed E-state index contributed by atoms with van der Waals surface area (Å²) in [5.41, 5.74) is 12.0. The minimum Gasteiger partial charge on any atom is -0.458 e. The first-order chi connectivity index (χ1) is 9.32. The molecule has 0 aliphatic rings. The molecule has 2 heterocycles. The molecule has 2 aromatic rings. The molecule has 0 amide bonds. The van der Waals surface area contributed by atoms with Crippen molar-refractivity contribution in [3.63, 3.8) is 0 Å². The highest BCUT2D eigenvalue weighted by atomic mass is 16.5. The Bertz CT molecular complexity index is 608. The molecule has 2 aromatic heterocycles. The van der Waals surface area contributed by atoms with Gasteiger partial charge in [0.25, 0.3) is 0 Å². The van der Waals surface area contributed by atoms with E-state index in [2.05, 4.69) is 9.97 Å². The average Bonchev–Trinajstić information content (AvgIpc) is 2.70. The molecule has 110 valence electrons. The predicted octanol–water partition coefficient (Wildman–Crippen LogP) is 0.623. The summed E-state index contributed by atoms with van der Waals surface area (Å²) in [7, 11) is 1.87. The van der Waals surface area contributed by atoms with E-state index in [-0.39, 0.29) is 18.0 Å². The monoisotopic (exact) mass is 279 g/mol. The number of nitrogen functional groups attached to an aromatic ring is 1. The third kappa shape index (κ3) is 3.00. The molecule has 0 radical (unpaired) electrons. The molecule has 0 aromatic carbocycles. The molecule has 0 spiro atoms. The summed E-state index contributed by atoms with van der Waals surface area (Å²) in [4.78, 5) is 8.26. The molecule has 0 saturated carbocycles. The van der Waals surface area contributed by atoms with Crippen molar-refractivity contribution in [1.82, 2.24) is 14.5 Å². The highest BCUT2D eigenvalue weighted by Gasteiger charge is 2.23. The molecule has 20 heavy (non-hydrogen) atoms.